The Bertz CT molecular complexity index is 1450. The highest BCUT2D eigenvalue weighted by molar-refractivity contribution is 5.91. The van der Waals surface area contributed by atoms with Gasteiger partial charge in [0.15, 0.2) is 12.1 Å². The minimum atomic E-state index is -1.19. The number of aliphatic hydroxyl groups is 3. The van der Waals surface area contributed by atoms with Gasteiger partial charge in [0, 0.05) is 56.3 Å². The summed E-state index contributed by atoms with van der Waals surface area (Å²) >= 11 is 0. The van der Waals surface area contributed by atoms with E-state index in [0.717, 1.165) is 30.8 Å². The maximum Gasteiger partial charge on any atom is 0.308 e. The number of aromatic nitrogens is 1. The molecule has 12 nitrogen and oxygen atoms in total. The summed E-state index contributed by atoms with van der Waals surface area (Å²) in [6.45, 7) is 18.1. The Morgan fingerprint density at radius 1 is 0.982 bits per heavy atom. The van der Waals surface area contributed by atoms with Crippen molar-refractivity contribution in [1.29, 1.82) is 0 Å². The van der Waals surface area contributed by atoms with Gasteiger partial charge in [0.05, 0.1) is 36.9 Å². The lowest BCUT2D eigenvalue weighted by molar-refractivity contribution is -0.304. The first-order valence-corrected chi connectivity index (χ1v) is 21.4. The Morgan fingerprint density at radius 2 is 1.68 bits per heavy atom. The number of rotatable bonds is 11. The molecule has 14 atom stereocenters. The summed E-state index contributed by atoms with van der Waals surface area (Å²) in [6.07, 6.45) is 5.62. The molecule has 0 aromatic carbocycles. The molecule has 2 saturated heterocycles. The fourth-order valence-corrected chi connectivity index (χ4v) is 9.41. The van der Waals surface area contributed by atoms with Gasteiger partial charge in [-0.05, 0) is 103 Å². The van der Waals surface area contributed by atoms with E-state index < -0.39 is 60.8 Å². The van der Waals surface area contributed by atoms with Crippen LogP contribution in [0.15, 0.2) is 48.3 Å². The monoisotopic (exact) mass is 799 g/mol. The molecule has 2 fully saturated rings. The Balaban J connectivity index is 1.69. The molecule has 12 heteroatoms. The summed E-state index contributed by atoms with van der Waals surface area (Å²) in [6, 6.07) is 3.29. The molecule has 1 aromatic rings. The number of carbonyl (C=O) groups is 2. The highest BCUT2D eigenvalue weighted by atomic mass is 16.7. The van der Waals surface area contributed by atoms with Crippen LogP contribution in [0.2, 0.25) is 0 Å². The average molecular weight is 799 g/mol. The SMILES string of the molecule is CC[C@H]1OC(=O)C[C@@H](O)[C@H](C)[C@@H](O[C@@H]2O[C@H](C)[C@@H](O)[C@H](N(C)C)[C@H]2O)[C@@H](CCN2CC(C)CC(C)C2)C[C@@H](C)C(=O)/C=C/C(C)=C/[C@@H]1CN(C)Cc1cccnc1. The fraction of sp³-hybridized carbons (Fsp3) is 0.756. The lowest BCUT2D eigenvalue weighted by atomic mass is 9.79. The number of carbonyl (C=O) groups excluding carboxylic acids is 2. The number of likely N-dealkylation sites (tertiary alicyclic amines) is 1. The second-order valence-electron chi connectivity index (χ2n) is 18.1. The first-order chi connectivity index (χ1) is 27.0. The first-order valence-electron chi connectivity index (χ1n) is 21.4. The van der Waals surface area contributed by atoms with Gasteiger partial charge in [0.1, 0.15) is 12.2 Å². The standard InChI is InChI=1S/C45H74N4O8/c1-11-39-36(27-48(10)26-34-13-12-17-46-23-34)20-28(2)14-15-37(50)31(5)21-35(16-18-49-24-29(3)19-30(4)25-49)44(32(6)38(51)22-40(52)56-39)57-45-43(54)41(47(8)9)42(53)33(7)55-45/h12-15,17,20,23,29-33,35-36,38-39,41-45,51,53-54H,11,16,18-19,21-22,24-27H2,1-10H3/b15-14+,28-20+/t29?,30?,31-,32+,33-,35+,36-,38-,39-,41+,42-,43-,44-,45+/m1/s1. The van der Waals surface area contributed by atoms with Crippen LogP contribution in [0.1, 0.15) is 86.1 Å². The number of nitrogens with zero attached hydrogens (tertiary/aromatic N) is 4. The van der Waals surface area contributed by atoms with Gasteiger partial charge in [0.25, 0.3) is 0 Å². The van der Waals surface area contributed by atoms with E-state index >= 15 is 0 Å². The van der Waals surface area contributed by atoms with Crippen LogP contribution in [0.3, 0.4) is 0 Å². The van der Waals surface area contributed by atoms with Crippen LogP contribution in [0.25, 0.3) is 0 Å². The van der Waals surface area contributed by atoms with Crippen molar-refractivity contribution in [2.75, 3.05) is 47.3 Å². The molecule has 1 aromatic heterocycles. The average Bonchev–Trinajstić information content (AvgIpc) is 3.14. The van der Waals surface area contributed by atoms with Gasteiger partial charge in [-0.25, -0.2) is 0 Å². The molecular formula is C45H74N4O8. The molecule has 0 aliphatic carbocycles. The van der Waals surface area contributed by atoms with Crippen LogP contribution in [-0.2, 0) is 30.3 Å². The number of hydrogen-bond donors (Lipinski definition) is 3. The summed E-state index contributed by atoms with van der Waals surface area (Å²) < 4.78 is 19.2. The Hall–Kier alpha value is -2.55. The van der Waals surface area contributed by atoms with Crippen molar-refractivity contribution in [1.82, 2.24) is 19.7 Å². The molecule has 0 spiro atoms. The lowest BCUT2D eigenvalue weighted by Crippen LogP contribution is -2.63. The maximum absolute atomic E-state index is 13.9. The van der Waals surface area contributed by atoms with E-state index in [0.29, 0.717) is 44.2 Å². The van der Waals surface area contributed by atoms with Crippen molar-refractivity contribution in [2.24, 2.45) is 35.5 Å². The first kappa shape index (κ1) is 47.1. The predicted octanol–water partition coefficient (Wildman–Crippen LogP) is 4.72. The molecular weight excluding hydrogens is 725 g/mol. The van der Waals surface area contributed by atoms with Crippen molar-refractivity contribution in [2.45, 2.75) is 136 Å². The maximum atomic E-state index is 13.9. The summed E-state index contributed by atoms with van der Waals surface area (Å²) in [4.78, 5) is 38.4. The van der Waals surface area contributed by atoms with E-state index in [1.807, 2.05) is 59.1 Å². The number of allylic oxidation sites excluding steroid dienone is 3. The van der Waals surface area contributed by atoms with E-state index in [4.69, 9.17) is 14.2 Å². The molecule has 0 bridgehead atoms. The van der Waals surface area contributed by atoms with Gasteiger partial charge < -0.3 is 44.2 Å². The van der Waals surface area contributed by atoms with Gasteiger partial charge in [-0.3, -0.25) is 14.6 Å². The molecule has 4 heterocycles. The van der Waals surface area contributed by atoms with Gasteiger partial charge in [-0.15, -0.1) is 0 Å². The number of cyclic esters (lactones) is 1. The number of aliphatic hydroxyl groups excluding tert-OH is 3. The van der Waals surface area contributed by atoms with Crippen LogP contribution in [0.5, 0.6) is 0 Å². The molecule has 0 amide bonds. The predicted molar refractivity (Wildman–Crippen MR) is 222 cm³/mol. The van der Waals surface area contributed by atoms with Crippen LogP contribution < -0.4 is 0 Å². The number of likely N-dealkylation sites (N-methyl/N-ethyl adjacent to an activating group) is 1. The molecule has 2 unspecified atom stereocenters. The van der Waals surface area contributed by atoms with Crippen LogP contribution in [-0.4, -0.2) is 143 Å². The van der Waals surface area contributed by atoms with Crippen LogP contribution in [0.4, 0.5) is 0 Å². The van der Waals surface area contributed by atoms with Crippen molar-refractivity contribution in [3.8, 4) is 0 Å². The van der Waals surface area contributed by atoms with Gasteiger partial charge >= 0.3 is 5.97 Å². The number of ketones is 1. The van der Waals surface area contributed by atoms with Gasteiger partial charge in [-0.2, -0.15) is 0 Å². The second kappa shape index (κ2) is 22.2. The number of esters is 1. The number of pyridine rings is 1. The quantitative estimate of drug-likeness (QED) is 0.267. The number of hydrogen-bond acceptors (Lipinski definition) is 12. The van der Waals surface area contributed by atoms with E-state index in [1.54, 1.807) is 38.2 Å². The third kappa shape index (κ3) is 13.7. The Morgan fingerprint density at radius 3 is 2.32 bits per heavy atom. The topological polar surface area (TPSA) is 145 Å². The number of piperidine rings is 1. The smallest absolute Gasteiger partial charge is 0.308 e. The minimum absolute atomic E-state index is 0.00547. The third-order valence-electron chi connectivity index (χ3n) is 12.4. The second-order valence-corrected chi connectivity index (χ2v) is 18.1. The van der Waals surface area contributed by atoms with E-state index in [2.05, 4.69) is 34.7 Å². The summed E-state index contributed by atoms with van der Waals surface area (Å²) in [5.74, 6) is -0.766. The highest BCUT2D eigenvalue weighted by Crippen LogP contribution is 2.35. The zero-order chi connectivity index (χ0) is 42.0. The number of ether oxygens (including phenoxy) is 3. The minimum Gasteiger partial charge on any atom is -0.462 e. The van der Waals surface area contributed by atoms with Crippen molar-refractivity contribution >= 4 is 11.8 Å². The van der Waals surface area contributed by atoms with Crippen molar-refractivity contribution < 1.29 is 39.1 Å². The molecule has 3 N–H and O–H groups in total. The zero-order valence-corrected chi connectivity index (χ0v) is 36.4. The Kier molecular flexibility index (Phi) is 18.3. The van der Waals surface area contributed by atoms with Crippen LogP contribution in [0, 0.1) is 35.5 Å². The zero-order valence-electron chi connectivity index (χ0n) is 36.4. The molecule has 322 valence electrons. The molecule has 57 heavy (non-hydrogen) atoms. The van der Waals surface area contributed by atoms with Crippen molar-refractivity contribution in [3.63, 3.8) is 0 Å². The summed E-state index contributed by atoms with van der Waals surface area (Å²) in [7, 11) is 5.61. The van der Waals surface area contributed by atoms with Gasteiger partial charge in [-0.1, -0.05) is 58.4 Å². The normalized spacial score (nSPS) is 38.5. The highest BCUT2D eigenvalue weighted by Gasteiger charge is 2.47. The van der Waals surface area contributed by atoms with E-state index in [-0.39, 0.29) is 30.0 Å². The van der Waals surface area contributed by atoms with Crippen molar-refractivity contribution in [3.05, 3.63) is 53.9 Å². The third-order valence-corrected chi connectivity index (χ3v) is 12.4. The fourth-order valence-electron chi connectivity index (χ4n) is 9.41. The molecule has 3 aliphatic rings. The van der Waals surface area contributed by atoms with Crippen LogP contribution >= 0.6 is 0 Å². The van der Waals surface area contributed by atoms with E-state index in [1.165, 1.54) is 6.42 Å². The Labute approximate surface area is 342 Å². The molecule has 0 radical (unpaired) electrons. The molecule has 4 rings (SSSR count). The summed E-state index contributed by atoms with van der Waals surface area (Å²) in [5.41, 5.74) is 1.96. The largest absolute Gasteiger partial charge is 0.462 e. The summed E-state index contributed by atoms with van der Waals surface area (Å²) in [5, 5.41) is 34.5. The lowest BCUT2D eigenvalue weighted by Gasteiger charge is -2.47. The van der Waals surface area contributed by atoms with Gasteiger partial charge in [0.2, 0.25) is 0 Å². The molecule has 0 saturated carbocycles. The van der Waals surface area contributed by atoms with E-state index in [9.17, 15) is 24.9 Å². The molecule has 3 aliphatic heterocycles.